The Labute approximate surface area is 137 Å². The van der Waals surface area contributed by atoms with Crippen molar-refractivity contribution in [3.05, 3.63) is 97.7 Å². The SMILES string of the molecule is [CH]=CC=CC=CC=CC=CC=CC=CC=CCCCCCC. The van der Waals surface area contributed by atoms with Crippen molar-refractivity contribution in [3.63, 3.8) is 0 Å². The lowest BCUT2D eigenvalue weighted by molar-refractivity contribution is 0.674. The van der Waals surface area contributed by atoms with E-state index in [4.69, 9.17) is 6.58 Å². The Morgan fingerprint density at radius 1 is 0.545 bits per heavy atom. The van der Waals surface area contributed by atoms with Crippen LogP contribution in [-0.4, -0.2) is 0 Å². The van der Waals surface area contributed by atoms with Crippen LogP contribution in [0.4, 0.5) is 0 Å². The molecule has 1 radical (unpaired) electrons. The second-order valence-electron chi connectivity index (χ2n) is 4.78. The van der Waals surface area contributed by atoms with Gasteiger partial charge in [0.1, 0.15) is 0 Å². The van der Waals surface area contributed by atoms with Crippen LogP contribution < -0.4 is 0 Å². The highest BCUT2D eigenvalue weighted by atomic mass is 13.9. The molecule has 0 rings (SSSR count). The van der Waals surface area contributed by atoms with Gasteiger partial charge in [-0.25, -0.2) is 0 Å². The van der Waals surface area contributed by atoms with Crippen molar-refractivity contribution >= 4 is 0 Å². The third kappa shape index (κ3) is 17.9. The zero-order chi connectivity index (χ0) is 16.1. The van der Waals surface area contributed by atoms with Gasteiger partial charge in [0.15, 0.2) is 0 Å². The van der Waals surface area contributed by atoms with Crippen LogP contribution in [-0.2, 0) is 0 Å². The van der Waals surface area contributed by atoms with Crippen LogP contribution in [0.1, 0.15) is 39.0 Å². The summed E-state index contributed by atoms with van der Waals surface area (Å²) in [5, 5.41) is 0. The molecule has 0 nitrogen and oxygen atoms in total. The molecule has 0 aromatic heterocycles. The van der Waals surface area contributed by atoms with Crippen LogP contribution in [0.25, 0.3) is 0 Å². The van der Waals surface area contributed by atoms with E-state index < -0.39 is 0 Å². The lowest BCUT2D eigenvalue weighted by Gasteiger charge is -1.92. The van der Waals surface area contributed by atoms with Gasteiger partial charge in [-0.2, -0.15) is 0 Å². The summed E-state index contributed by atoms with van der Waals surface area (Å²) < 4.78 is 0. The van der Waals surface area contributed by atoms with Crippen molar-refractivity contribution in [1.82, 2.24) is 0 Å². The van der Waals surface area contributed by atoms with E-state index in [1.54, 1.807) is 6.08 Å². The minimum absolute atomic E-state index is 1.19. The number of rotatable bonds is 12. The van der Waals surface area contributed by atoms with Crippen molar-refractivity contribution in [1.29, 1.82) is 0 Å². The van der Waals surface area contributed by atoms with E-state index in [-0.39, 0.29) is 0 Å². The van der Waals surface area contributed by atoms with Crippen LogP contribution in [0.3, 0.4) is 0 Å². The van der Waals surface area contributed by atoms with Gasteiger partial charge < -0.3 is 0 Å². The summed E-state index contributed by atoms with van der Waals surface area (Å²) in [4.78, 5) is 0. The average molecular weight is 293 g/mol. The van der Waals surface area contributed by atoms with Gasteiger partial charge in [-0.05, 0) is 12.8 Å². The Hall–Kier alpha value is -2.08. The lowest BCUT2D eigenvalue weighted by atomic mass is 10.1. The fraction of sp³-hybridized carbons (Fsp3) is 0.273. The Bertz CT molecular complexity index is 437. The Balaban J connectivity index is 3.69. The van der Waals surface area contributed by atoms with Crippen molar-refractivity contribution < 1.29 is 0 Å². The minimum Gasteiger partial charge on any atom is -0.0845 e. The first kappa shape index (κ1) is 19.9. The van der Waals surface area contributed by atoms with E-state index in [1.807, 2.05) is 60.8 Å². The molecule has 0 aliphatic carbocycles. The van der Waals surface area contributed by atoms with Gasteiger partial charge in [0.05, 0.1) is 0 Å². The molecule has 0 spiro atoms. The first-order chi connectivity index (χ1) is 10.9. The molecule has 0 aromatic rings. The van der Waals surface area contributed by atoms with Gasteiger partial charge in [-0.1, -0.05) is 124 Å². The summed E-state index contributed by atoms with van der Waals surface area (Å²) in [6.45, 7) is 7.45. The van der Waals surface area contributed by atoms with Gasteiger partial charge in [0, 0.05) is 0 Å². The maximum atomic E-state index is 5.21. The summed E-state index contributed by atoms with van der Waals surface area (Å²) in [5.74, 6) is 0. The zero-order valence-corrected chi connectivity index (χ0v) is 13.8. The first-order valence-corrected chi connectivity index (χ1v) is 8.12. The third-order valence-electron chi connectivity index (χ3n) is 2.80. The average Bonchev–Trinajstić information content (AvgIpc) is 2.54. The van der Waals surface area contributed by atoms with E-state index in [1.165, 1.54) is 38.2 Å². The minimum atomic E-state index is 1.19. The number of hydrogen-bond donors (Lipinski definition) is 0. The third-order valence-corrected chi connectivity index (χ3v) is 2.80. The lowest BCUT2D eigenvalue weighted by Crippen LogP contribution is -1.72. The summed E-state index contributed by atoms with van der Waals surface area (Å²) in [7, 11) is 0. The molecule has 0 bridgehead atoms. The highest BCUT2D eigenvalue weighted by Crippen LogP contribution is 2.02. The van der Waals surface area contributed by atoms with Crippen LogP contribution in [0.2, 0.25) is 0 Å². The van der Waals surface area contributed by atoms with Crippen molar-refractivity contribution in [2.75, 3.05) is 0 Å². The van der Waals surface area contributed by atoms with Crippen molar-refractivity contribution in [2.24, 2.45) is 0 Å². The molecular weight excluding hydrogens is 264 g/mol. The molecule has 0 aromatic carbocycles. The molecule has 117 valence electrons. The van der Waals surface area contributed by atoms with Gasteiger partial charge >= 0.3 is 0 Å². The first-order valence-electron chi connectivity index (χ1n) is 8.12. The van der Waals surface area contributed by atoms with Crippen LogP contribution >= 0.6 is 0 Å². The molecule has 0 amide bonds. The number of allylic oxidation sites excluding steroid dienone is 15. The second-order valence-corrected chi connectivity index (χ2v) is 4.78. The maximum absolute atomic E-state index is 5.21. The maximum Gasteiger partial charge on any atom is -0.0348 e. The van der Waals surface area contributed by atoms with E-state index in [0.29, 0.717) is 0 Å². The number of unbranched alkanes of at least 4 members (excludes halogenated alkanes) is 4. The molecule has 0 fully saturated rings. The monoisotopic (exact) mass is 293 g/mol. The molecule has 0 atom stereocenters. The van der Waals surface area contributed by atoms with Gasteiger partial charge in [0.25, 0.3) is 0 Å². The quantitative estimate of drug-likeness (QED) is 0.273. The standard InChI is InChI=1S/C22H29/c1-3-5-7-9-11-13-15-17-19-21-22-20-18-16-14-12-10-8-6-4-2/h1,3,5,7,9,11,13-22H,4,6,8,10,12H2,2H3. The molecule has 0 heterocycles. The van der Waals surface area contributed by atoms with E-state index in [9.17, 15) is 0 Å². The summed E-state index contributed by atoms with van der Waals surface area (Å²) >= 11 is 0. The fourth-order valence-electron chi connectivity index (χ4n) is 1.63. The highest BCUT2D eigenvalue weighted by Gasteiger charge is 1.82. The molecule has 0 saturated carbocycles. The van der Waals surface area contributed by atoms with E-state index in [2.05, 4.69) is 25.2 Å². The van der Waals surface area contributed by atoms with Gasteiger partial charge in [-0.3, -0.25) is 0 Å². The molecular formula is C22H29. The smallest absolute Gasteiger partial charge is 0.0348 e. The summed E-state index contributed by atoms with van der Waals surface area (Å²) in [6.07, 6.45) is 36.1. The fourth-order valence-corrected chi connectivity index (χ4v) is 1.63. The zero-order valence-electron chi connectivity index (χ0n) is 13.8. The highest BCUT2D eigenvalue weighted by molar-refractivity contribution is 5.20. The Morgan fingerprint density at radius 2 is 1.00 bits per heavy atom. The summed E-state index contributed by atoms with van der Waals surface area (Å²) in [5.41, 5.74) is 0. The predicted octanol–water partition coefficient (Wildman–Crippen LogP) is 6.84. The Morgan fingerprint density at radius 3 is 1.45 bits per heavy atom. The summed E-state index contributed by atoms with van der Waals surface area (Å²) in [6, 6.07) is 0. The molecule has 0 saturated heterocycles. The molecule has 0 heteroatoms. The van der Waals surface area contributed by atoms with Gasteiger partial charge in [-0.15, -0.1) is 0 Å². The molecule has 0 aliphatic rings. The van der Waals surface area contributed by atoms with Gasteiger partial charge in [0.2, 0.25) is 0 Å². The van der Waals surface area contributed by atoms with Crippen LogP contribution in [0.15, 0.2) is 91.1 Å². The van der Waals surface area contributed by atoms with E-state index >= 15 is 0 Å². The van der Waals surface area contributed by atoms with Crippen molar-refractivity contribution in [2.45, 2.75) is 39.0 Å². The largest absolute Gasteiger partial charge is 0.0845 e. The molecule has 0 N–H and O–H groups in total. The molecule has 0 aliphatic heterocycles. The Kier molecular flexibility index (Phi) is 17.1. The van der Waals surface area contributed by atoms with Crippen LogP contribution in [0, 0.1) is 6.58 Å². The second kappa shape index (κ2) is 18.9. The van der Waals surface area contributed by atoms with E-state index in [0.717, 1.165) is 0 Å². The topological polar surface area (TPSA) is 0 Å². The normalized spacial score (nSPS) is 13.5. The molecule has 0 unspecified atom stereocenters. The molecule has 22 heavy (non-hydrogen) atoms. The predicted molar refractivity (Wildman–Crippen MR) is 102 cm³/mol. The number of hydrogen-bond acceptors (Lipinski definition) is 0. The van der Waals surface area contributed by atoms with Crippen LogP contribution in [0.5, 0.6) is 0 Å². The van der Waals surface area contributed by atoms with Crippen molar-refractivity contribution in [3.8, 4) is 0 Å².